The van der Waals surface area contributed by atoms with Crippen molar-refractivity contribution in [3.05, 3.63) is 0 Å². The number of nitrogens with zero attached hydrogens (tertiary/aromatic N) is 1. The molecular formula is C12H18Cl3NO5. The topological polar surface area (TPSA) is 76.1 Å². The number of carbonyl (C=O) groups is 2. The molecule has 9 heteroatoms. The van der Waals surface area contributed by atoms with Crippen LogP contribution in [0.15, 0.2) is 0 Å². The van der Waals surface area contributed by atoms with Crippen LogP contribution in [0.3, 0.4) is 0 Å². The third kappa shape index (κ3) is 4.28. The zero-order valence-electron chi connectivity index (χ0n) is 12.2. The van der Waals surface area contributed by atoms with Crippen molar-refractivity contribution in [3.63, 3.8) is 0 Å². The second kappa shape index (κ2) is 5.99. The molecule has 1 heterocycles. The van der Waals surface area contributed by atoms with Crippen LogP contribution in [-0.2, 0) is 14.3 Å². The van der Waals surface area contributed by atoms with E-state index in [1.54, 1.807) is 20.8 Å². The highest BCUT2D eigenvalue weighted by Crippen LogP contribution is 2.46. The SMILES string of the molecule is COC(=O)[C@@H]1C[C@@](O)(C(Cl)(Cl)Cl)CN1C(=O)OC(C)(C)C. The largest absolute Gasteiger partial charge is 0.467 e. The van der Waals surface area contributed by atoms with Gasteiger partial charge in [-0.25, -0.2) is 9.59 Å². The molecule has 1 aliphatic rings. The molecule has 1 rings (SSSR count). The van der Waals surface area contributed by atoms with Gasteiger partial charge >= 0.3 is 12.1 Å². The summed E-state index contributed by atoms with van der Waals surface area (Å²) in [5.41, 5.74) is -2.63. The lowest BCUT2D eigenvalue weighted by molar-refractivity contribution is -0.145. The minimum absolute atomic E-state index is 0.255. The Hall–Kier alpha value is -0.430. The maximum Gasteiger partial charge on any atom is 0.411 e. The molecule has 1 aliphatic heterocycles. The molecule has 2 atom stereocenters. The van der Waals surface area contributed by atoms with Gasteiger partial charge in [0.15, 0.2) is 0 Å². The number of rotatable bonds is 1. The number of amides is 1. The van der Waals surface area contributed by atoms with Gasteiger partial charge in [-0.05, 0) is 20.8 Å². The van der Waals surface area contributed by atoms with Crippen molar-refractivity contribution in [2.24, 2.45) is 0 Å². The highest BCUT2D eigenvalue weighted by Gasteiger charge is 2.58. The van der Waals surface area contributed by atoms with Gasteiger partial charge in [0.05, 0.1) is 13.7 Å². The van der Waals surface area contributed by atoms with Gasteiger partial charge < -0.3 is 14.6 Å². The second-order valence-electron chi connectivity index (χ2n) is 5.88. The summed E-state index contributed by atoms with van der Waals surface area (Å²) in [6.07, 6.45) is -1.04. The fourth-order valence-corrected chi connectivity index (χ4v) is 2.36. The highest BCUT2D eigenvalue weighted by molar-refractivity contribution is 6.68. The predicted octanol–water partition coefficient (Wildman–Crippen LogP) is 2.27. The fourth-order valence-electron chi connectivity index (χ4n) is 1.95. The van der Waals surface area contributed by atoms with Gasteiger partial charge in [-0.2, -0.15) is 0 Å². The standard InChI is InChI=1S/C12H18Cl3NO5/c1-10(2,3)21-9(18)16-6-11(19,12(13,14)15)5-7(16)8(17)20-4/h7,19H,5-6H2,1-4H3/t7-,11-/m0/s1. The molecule has 122 valence electrons. The molecule has 0 aliphatic carbocycles. The van der Waals surface area contributed by atoms with Crippen molar-refractivity contribution in [2.75, 3.05) is 13.7 Å². The van der Waals surface area contributed by atoms with Crippen molar-refractivity contribution in [1.82, 2.24) is 4.90 Å². The van der Waals surface area contributed by atoms with Crippen molar-refractivity contribution >= 4 is 46.9 Å². The molecule has 0 radical (unpaired) electrons. The first-order chi connectivity index (χ1) is 9.31. The van der Waals surface area contributed by atoms with Crippen molar-refractivity contribution < 1.29 is 24.2 Å². The number of β-amino-alcohol motifs (C(OH)–C–C–N with tert-alkyl or cyclic N) is 1. The van der Waals surface area contributed by atoms with Gasteiger partial charge in [0.2, 0.25) is 3.79 Å². The molecule has 0 bridgehead atoms. The number of likely N-dealkylation sites (tertiary alicyclic amines) is 1. The van der Waals surface area contributed by atoms with Gasteiger partial charge in [0.1, 0.15) is 17.2 Å². The Morgan fingerprint density at radius 2 is 1.81 bits per heavy atom. The average Bonchev–Trinajstić information content (AvgIpc) is 2.65. The van der Waals surface area contributed by atoms with E-state index in [4.69, 9.17) is 39.5 Å². The van der Waals surface area contributed by atoms with E-state index in [0.29, 0.717) is 0 Å². The third-order valence-corrected chi connectivity index (χ3v) is 4.02. The quantitative estimate of drug-likeness (QED) is 0.572. The summed E-state index contributed by atoms with van der Waals surface area (Å²) in [7, 11) is 1.17. The average molecular weight is 363 g/mol. The van der Waals surface area contributed by atoms with E-state index in [0.717, 1.165) is 4.90 Å². The summed E-state index contributed by atoms with van der Waals surface area (Å²) < 4.78 is 7.75. The lowest BCUT2D eigenvalue weighted by atomic mass is 10.0. The molecule has 0 saturated carbocycles. The fraction of sp³-hybridized carbons (Fsp3) is 0.833. The van der Waals surface area contributed by atoms with Crippen molar-refractivity contribution in [2.45, 2.75) is 48.2 Å². The Labute approximate surface area is 138 Å². The Morgan fingerprint density at radius 3 is 2.19 bits per heavy atom. The number of halogens is 3. The molecule has 0 aromatic rings. The molecule has 0 spiro atoms. The zero-order chi connectivity index (χ0) is 16.6. The maximum atomic E-state index is 12.2. The van der Waals surface area contributed by atoms with E-state index < -0.39 is 33.1 Å². The van der Waals surface area contributed by atoms with E-state index in [-0.39, 0.29) is 13.0 Å². The molecule has 6 nitrogen and oxygen atoms in total. The molecule has 1 fully saturated rings. The van der Waals surface area contributed by atoms with E-state index >= 15 is 0 Å². The number of hydrogen-bond donors (Lipinski definition) is 1. The first kappa shape index (κ1) is 18.6. The van der Waals surface area contributed by atoms with Crippen LogP contribution in [0.1, 0.15) is 27.2 Å². The number of hydrogen-bond acceptors (Lipinski definition) is 5. The van der Waals surface area contributed by atoms with E-state index in [1.165, 1.54) is 7.11 Å². The maximum absolute atomic E-state index is 12.2. The Bertz CT molecular complexity index is 432. The number of methoxy groups -OCH3 is 1. The molecule has 0 unspecified atom stereocenters. The van der Waals surface area contributed by atoms with E-state index in [1.807, 2.05) is 0 Å². The van der Waals surface area contributed by atoms with Gasteiger partial charge in [-0.1, -0.05) is 34.8 Å². The molecule has 0 aromatic carbocycles. The molecule has 1 amide bonds. The van der Waals surface area contributed by atoms with Crippen LogP contribution >= 0.6 is 34.8 Å². The van der Waals surface area contributed by atoms with Crippen LogP contribution in [0.5, 0.6) is 0 Å². The number of carbonyl (C=O) groups excluding carboxylic acids is 2. The Morgan fingerprint density at radius 1 is 1.29 bits per heavy atom. The smallest absolute Gasteiger partial charge is 0.411 e. The summed E-state index contributed by atoms with van der Waals surface area (Å²) >= 11 is 17.2. The molecular weight excluding hydrogens is 344 g/mol. The monoisotopic (exact) mass is 361 g/mol. The van der Waals surface area contributed by atoms with Gasteiger partial charge in [0.25, 0.3) is 0 Å². The van der Waals surface area contributed by atoms with Gasteiger partial charge in [-0.15, -0.1) is 0 Å². The van der Waals surface area contributed by atoms with Crippen LogP contribution in [0.25, 0.3) is 0 Å². The first-order valence-electron chi connectivity index (χ1n) is 6.17. The van der Waals surface area contributed by atoms with Gasteiger partial charge in [0, 0.05) is 6.42 Å². The van der Waals surface area contributed by atoms with Crippen LogP contribution in [-0.4, -0.2) is 56.8 Å². The number of ether oxygens (including phenoxy) is 2. The molecule has 21 heavy (non-hydrogen) atoms. The third-order valence-electron chi connectivity index (χ3n) is 2.97. The second-order valence-corrected chi connectivity index (χ2v) is 8.16. The van der Waals surface area contributed by atoms with Crippen molar-refractivity contribution in [3.8, 4) is 0 Å². The molecule has 1 saturated heterocycles. The van der Waals surface area contributed by atoms with Crippen LogP contribution < -0.4 is 0 Å². The Balaban J connectivity index is 3.04. The summed E-state index contributed by atoms with van der Waals surface area (Å²) in [5.74, 6) is -0.717. The summed E-state index contributed by atoms with van der Waals surface area (Å²) in [6.45, 7) is 4.68. The van der Waals surface area contributed by atoms with Crippen molar-refractivity contribution in [1.29, 1.82) is 0 Å². The summed E-state index contributed by atoms with van der Waals surface area (Å²) in [6, 6.07) is -1.08. The number of alkyl halides is 3. The lowest BCUT2D eigenvalue weighted by Crippen LogP contribution is -2.47. The minimum atomic E-state index is -2.06. The van der Waals surface area contributed by atoms with Crippen LogP contribution in [0, 0.1) is 0 Å². The predicted molar refractivity (Wildman–Crippen MR) is 78.6 cm³/mol. The van der Waals surface area contributed by atoms with E-state index in [2.05, 4.69) is 4.74 Å². The van der Waals surface area contributed by atoms with Crippen LogP contribution in [0.2, 0.25) is 0 Å². The summed E-state index contributed by atoms with van der Waals surface area (Å²) in [4.78, 5) is 25.0. The molecule has 1 N–H and O–H groups in total. The normalized spacial score (nSPS) is 26.7. The number of aliphatic hydroxyl groups is 1. The molecule has 0 aromatic heterocycles. The van der Waals surface area contributed by atoms with Crippen LogP contribution in [0.4, 0.5) is 4.79 Å². The summed E-state index contributed by atoms with van der Waals surface area (Å²) in [5, 5.41) is 10.4. The Kier molecular flexibility index (Phi) is 5.31. The highest BCUT2D eigenvalue weighted by atomic mass is 35.6. The lowest BCUT2D eigenvalue weighted by Gasteiger charge is -2.30. The van der Waals surface area contributed by atoms with E-state index in [9.17, 15) is 14.7 Å². The first-order valence-corrected chi connectivity index (χ1v) is 7.31. The minimum Gasteiger partial charge on any atom is -0.467 e. The van der Waals surface area contributed by atoms with Gasteiger partial charge in [-0.3, -0.25) is 4.90 Å². The zero-order valence-corrected chi connectivity index (χ0v) is 14.4. The number of esters is 1.